The van der Waals surface area contributed by atoms with Crippen LogP contribution in [0.4, 0.5) is 0 Å². The van der Waals surface area contributed by atoms with Crippen LogP contribution in [0.1, 0.15) is 13.8 Å². The van der Waals surface area contributed by atoms with Gasteiger partial charge < -0.3 is 10.6 Å². The van der Waals surface area contributed by atoms with E-state index in [-0.39, 0.29) is 5.91 Å². The van der Waals surface area contributed by atoms with Gasteiger partial charge in [-0.2, -0.15) is 23.5 Å². The van der Waals surface area contributed by atoms with Crippen LogP contribution in [-0.2, 0) is 4.79 Å². The first-order chi connectivity index (χ1) is 9.10. The minimum atomic E-state index is -0.394. The van der Waals surface area contributed by atoms with Crippen molar-refractivity contribution in [3.63, 3.8) is 0 Å². The summed E-state index contributed by atoms with van der Waals surface area (Å²) in [6.07, 6.45) is 0. The van der Waals surface area contributed by atoms with Gasteiger partial charge >= 0.3 is 0 Å². The predicted octanol–water partition coefficient (Wildman–Crippen LogP) is 0.635. The molecule has 0 aliphatic carbocycles. The SMILES string of the molecule is CC(C)(C(=O)NCC1CSCCS1)N1CCNCC1. The molecule has 0 spiro atoms. The summed E-state index contributed by atoms with van der Waals surface area (Å²) < 4.78 is 0. The Morgan fingerprint density at radius 1 is 1.37 bits per heavy atom. The largest absolute Gasteiger partial charge is 0.353 e. The first-order valence-corrected chi connectivity index (χ1v) is 9.24. The normalized spacial score (nSPS) is 26.1. The summed E-state index contributed by atoms with van der Waals surface area (Å²) in [6.45, 7) is 8.75. The number of amides is 1. The lowest BCUT2D eigenvalue weighted by Gasteiger charge is -2.40. The third-order valence-electron chi connectivity index (χ3n) is 3.84. The van der Waals surface area contributed by atoms with Crippen LogP contribution in [0.2, 0.25) is 0 Å². The lowest BCUT2D eigenvalue weighted by Crippen LogP contribution is -2.60. The monoisotopic (exact) mass is 303 g/mol. The molecule has 2 N–H and O–H groups in total. The van der Waals surface area contributed by atoms with Crippen LogP contribution in [0.25, 0.3) is 0 Å². The van der Waals surface area contributed by atoms with Gasteiger partial charge in [0.2, 0.25) is 5.91 Å². The molecule has 0 aromatic rings. The van der Waals surface area contributed by atoms with Crippen LogP contribution in [0, 0.1) is 0 Å². The van der Waals surface area contributed by atoms with Gasteiger partial charge in [0.25, 0.3) is 0 Å². The highest BCUT2D eigenvalue weighted by atomic mass is 32.2. The molecule has 110 valence electrons. The molecule has 2 fully saturated rings. The summed E-state index contributed by atoms with van der Waals surface area (Å²) in [5.74, 6) is 3.80. The fourth-order valence-corrected chi connectivity index (χ4v) is 5.06. The van der Waals surface area contributed by atoms with Crippen molar-refractivity contribution >= 4 is 29.4 Å². The standard InChI is InChI=1S/C13H25N3OS2/c1-13(2,16-5-3-14-4-6-16)12(17)15-9-11-10-18-7-8-19-11/h11,14H,3-10H2,1-2H3,(H,15,17). The molecule has 6 heteroatoms. The molecule has 0 aromatic heterocycles. The van der Waals surface area contributed by atoms with Gasteiger partial charge in [0.05, 0.1) is 5.54 Å². The Morgan fingerprint density at radius 3 is 2.74 bits per heavy atom. The molecule has 0 bridgehead atoms. The number of hydrogen-bond acceptors (Lipinski definition) is 5. The van der Waals surface area contributed by atoms with E-state index >= 15 is 0 Å². The zero-order chi connectivity index (χ0) is 13.7. The molecule has 0 radical (unpaired) electrons. The fraction of sp³-hybridized carbons (Fsp3) is 0.923. The van der Waals surface area contributed by atoms with Crippen molar-refractivity contribution in [3.8, 4) is 0 Å². The molecule has 1 unspecified atom stereocenters. The van der Waals surface area contributed by atoms with E-state index in [0.29, 0.717) is 5.25 Å². The van der Waals surface area contributed by atoms with Crippen molar-refractivity contribution in [1.29, 1.82) is 0 Å². The number of nitrogens with zero attached hydrogens (tertiary/aromatic N) is 1. The lowest BCUT2D eigenvalue weighted by molar-refractivity contribution is -0.132. The highest BCUT2D eigenvalue weighted by molar-refractivity contribution is 8.06. The molecule has 2 aliphatic rings. The van der Waals surface area contributed by atoms with Crippen LogP contribution in [0.15, 0.2) is 0 Å². The van der Waals surface area contributed by atoms with Crippen LogP contribution in [-0.4, -0.2) is 71.6 Å². The third kappa shape index (κ3) is 4.28. The second kappa shape index (κ2) is 7.20. The van der Waals surface area contributed by atoms with Crippen molar-refractivity contribution in [2.24, 2.45) is 0 Å². The number of nitrogens with one attached hydrogen (secondary N) is 2. The molecule has 2 rings (SSSR count). The molecule has 1 atom stereocenters. The van der Waals surface area contributed by atoms with E-state index in [4.69, 9.17) is 0 Å². The predicted molar refractivity (Wildman–Crippen MR) is 85.1 cm³/mol. The quantitative estimate of drug-likeness (QED) is 0.798. The van der Waals surface area contributed by atoms with E-state index in [2.05, 4.69) is 15.5 Å². The molecule has 2 heterocycles. The molecular weight excluding hydrogens is 278 g/mol. The fourth-order valence-electron chi connectivity index (χ4n) is 2.44. The van der Waals surface area contributed by atoms with E-state index in [1.54, 1.807) is 0 Å². The Hall–Kier alpha value is 0.0900. The second-order valence-electron chi connectivity index (χ2n) is 5.57. The minimum absolute atomic E-state index is 0.172. The summed E-state index contributed by atoms with van der Waals surface area (Å²) >= 11 is 3.99. The maximum absolute atomic E-state index is 12.4. The van der Waals surface area contributed by atoms with Gasteiger partial charge in [-0.1, -0.05) is 0 Å². The van der Waals surface area contributed by atoms with E-state index in [9.17, 15) is 4.79 Å². The van der Waals surface area contributed by atoms with Gasteiger partial charge in [0, 0.05) is 55.2 Å². The zero-order valence-electron chi connectivity index (χ0n) is 11.9. The lowest BCUT2D eigenvalue weighted by atomic mass is 10.0. The van der Waals surface area contributed by atoms with Crippen LogP contribution >= 0.6 is 23.5 Å². The minimum Gasteiger partial charge on any atom is -0.353 e. The zero-order valence-corrected chi connectivity index (χ0v) is 13.5. The molecule has 4 nitrogen and oxygen atoms in total. The third-order valence-corrected chi connectivity index (χ3v) is 6.68. The van der Waals surface area contributed by atoms with Gasteiger partial charge in [-0.15, -0.1) is 0 Å². The highest BCUT2D eigenvalue weighted by Crippen LogP contribution is 2.23. The highest BCUT2D eigenvalue weighted by Gasteiger charge is 2.35. The topological polar surface area (TPSA) is 44.4 Å². The second-order valence-corrected chi connectivity index (χ2v) is 8.13. The van der Waals surface area contributed by atoms with Crippen molar-refractivity contribution in [2.45, 2.75) is 24.6 Å². The molecule has 2 aliphatic heterocycles. The van der Waals surface area contributed by atoms with Gasteiger partial charge in [0.1, 0.15) is 0 Å². The van der Waals surface area contributed by atoms with Crippen LogP contribution in [0.3, 0.4) is 0 Å². The van der Waals surface area contributed by atoms with Crippen molar-refractivity contribution in [2.75, 3.05) is 50.0 Å². The van der Waals surface area contributed by atoms with E-state index in [1.807, 2.05) is 37.4 Å². The van der Waals surface area contributed by atoms with E-state index < -0.39 is 5.54 Å². The van der Waals surface area contributed by atoms with E-state index in [1.165, 1.54) is 17.3 Å². The van der Waals surface area contributed by atoms with E-state index in [0.717, 1.165) is 32.7 Å². The average Bonchev–Trinajstić information content (AvgIpc) is 2.46. The summed E-state index contributed by atoms with van der Waals surface area (Å²) in [6, 6.07) is 0. The van der Waals surface area contributed by atoms with Gasteiger partial charge in [-0.25, -0.2) is 0 Å². The number of thioether (sulfide) groups is 2. The van der Waals surface area contributed by atoms with Gasteiger partial charge in [-0.3, -0.25) is 9.69 Å². The van der Waals surface area contributed by atoms with Crippen molar-refractivity contribution in [1.82, 2.24) is 15.5 Å². The average molecular weight is 303 g/mol. The molecule has 2 saturated heterocycles. The smallest absolute Gasteiger partial charge is 0.239 e. The number of rotatable bonds is 4. The maximum Gasteiger partial charge on any atom is 0.239 e. The Labute approximate surface area is 124 Å². The molecule has 1 amide bonds. The van der Waals surface area contributed by atoms with Crippen molar-refractivity contribution in [3.05, 3.63) is 0 Å². The van der Waals surface area contributed by atoms with Gasteiger partial charge in [-0.05, 0) is 13.8 Å². The molecule has 0 aromatic carbocycles. The van der Waals surface area contributed by atoms with Crippen molar-refractivity contribution < 1.29 is 4.79 Å². The Bertz CT molecular complexity index is 300. The molecule has 0 saturated carbocycles. The number of hydrogen-bond donors (Lipinski definition) is 2. The number of carbonyl (C=O) groups excluding carboxylic acids is 1. The number of carbonyl (C=O) groups is 1. The molecule has 19 heavy (non-hydrogen) atoms. The first-order valence-electron chi connectivity index (χ1n) is 7.04. The molecular formula is C13H25N3OS2. The number of piperazine rings is 1. The van der Waals surface area contributed by atoms with Gasteiger partial charge in [0.15, 0.2) is 0 Å². The summed E-state index contributed by atoms with van der Waals surface area (Å²) in [7, 11) is 0. The maximum atomic E-state index is 12.4. The van der Waals surface area contributed by atoms with Crippen LogP contribution in [0.5, 0.6) is 0 Å². The summed E-state index contributed by atoms with van der Waals surface area (Å²) in [4.78, 5) is 14.7. The Kier molecular flexibility index (Phi) is 5.87. The Morgan fingerprint density at radius 2 is 2.11 bits per heavy atom. The first kappa shape index (κ1) is 15.5. The summed E-state index contributed by atoms with van der Waals surface area (Å²) in [5, 5.41) is 7.07. The summed E-state index contributed by atoms with van der Waals surface area (Å²) in [5.41, 5.74) is -0.394. The Balaban J connectivity index is 1.79. The van der Waals surface area contributed by atoms with Crippen LogP contribution < -0.4 is 10.6 Å².